The van der Waals surface area contributed by atoms with Crippen LogP contribution in [0.25, 0.3) is 0 Å². The number of methoxy groups -OCH3 is 1. The summed E-state index contributed by atoms with van der Waals surface area (Å²) in [6.45, 7) is 0.434. The molecule has 4 heteroatoms. The van der Waals surface area contributed by atoms with Crippen LogP contribution in [0.5, 0.6) is 5.75 Å². The number of aliphatic hydroxyl groups is 1. The molecule has 0 bridgehead atoms. The molecule has 0 aromatic heterocycles. The summed E-state index contributed by atoms with van der Waals surface area (Å²) in [7, 11) is 1.65. The van der Waals surface area contributed by atoms with E-state index in [1.807, 2.05) is 24.3 Å². The van der Waals surface area contributed by atoms with Gasteiger partial charge in [-0.25, -0.2) is 0 Å². The van der Waals surface area contributed by atoms with Crippen molar-refractivity contribution in [2.45, 2.75) is 6.10 Å². The van der Waals surface area contributed by atoms with Crippen LogP contribution in [0.1, 0.15) is 11.7 Å². The molecule has 3 nitrogen and oxygen atoms in total. The fourth-order valence-electron chi connectivity index (χ4n) is 1.24. The summed E-state index contributed by atoms with van der Waals surface area (Å²) in [5, 5.41) is 8.69. The molecule has 0 aliphatic rings. The third-order valence-electron chi connectivity index (χ3n) is 2.04. The lowest BCUT2D eigenvalue weighted by molar-refractivity contribution is 0.0427. The second-order valence-corrected chi connectivity index (χ2v) is 3.89. The van der Waals surface area contributed by atoms with Crippen LogP contribution in [0.4, 0.5) is 0 Å². The Morgan fingerprint density at radius 1 is 1.33 bits per heavy atom. The summed E-state index contributed by atoms with van der Waals surface area (Å²) in [5.74, 6) is 0.841. The van der Waals surface area contributed by atoms with Crippen molar-refractivity contribution in [3.05, 3.63) is 29.8 Å². The zero-order chi connectivity index (χ0) is 11.1. The molecular weight excluding hydrogens is 307 g/mol. The van der Waals surface area contributed by atoms with E-state index in [1.54, 1.807) is 7.11 Å². The predicted octanol–water partition coefficient (Wildman–Crippen LogP) is 2.18. The van der Waals surface area contributed by atoms with E-state index in [4.69, 9.17) is 14.6 Å². The Balaban J connectivity index is 2.65. The third-order valence-corrected chi connectivity index (χ3v) is 2.84. The molecule has 1 atom stereocenters. The van der Waals surface area contributed by atoms with Crippen molar-refractivity contribution in [2.24, 2.45) is 0 Å². The van der Waals surface area contributed by atoms with E-state index in [2.05, 4.69) is 22.6 Å². The number of ether oxygens (including phenoxy) is 2. The van der Waals surface area contributed by atoms with Crippen LogP contribution in [-0.4, -0.2) is 29.9 Å². The zero-order valence-corrected chi connectivity index (χ0v) is 10.8. The minimum Gasteiger partial charge on any atom is -0.497 e. The van der Waals surface area contributed by atoms with Crippen molar-refractivity contribution < 1.29 is 14.6 Å². The van der Waals surface area contributed by atoms with E-state index in [9.17, 15) is 0 Å². The van der Waals surface area contributed by atoms with Gasteiger partial charge in [0.2, 0.25) is 0 Å². The van der Waals surface area contributed by atoms with Gasteiger partial charge in [-0.2, -0.15) is 0 Å². The van der Waals surface area contributed by atoms with Gasteiger partial charge < -0.3 is 14.6 Å². The molecule has 84 valence electrons. The Morgan fingerprint density at radius 2 is 2.00 bits per heavy atom. The lowest BCUT2D eigenvalue weighted by atomic mass is 10.1. The molecule has 0 aliphatic carbocycles. The van der Waals surface area contributed by atoms with E-state index >= 15 is 0 Å². The summed E-state index contributed by atoms with van der Waals surface area (Å²) in [6, 6.07) is 7.80. The minimum absolute atomic E-state index is 0.0451. The highest BCUT2D eigenvalue weighted by Crippen LogP contribution is 2.22. The van der Waals surface area contributed by atoms with Crippen LogP contribution >= 0.6 is 22.6 Å². The first kappa shape index (κ1) is 12.7. The molecular formula is C11H15IO3. The van der Waals surface area contributed by atoms with Crippen LogP contribution < -0.4 is 4.74 Å². The van der Waals surface area contributed by atoms with Gasteiger partial charge in [0.25, 0.3) is 0 Å². The van der Waals surface area contributed by atoms with Gasteiger partial charge in [-0.05, 0) is 17.7 Å². The second kappa shape index (κ2) is 7.03. The average molecular weight is 322 g/mol. The highest BCUT2D eigenvalue weighted by atomic mass is 127. The van der Waals surface area contributed by atoms with Gasteiger partial charge >= 0.3 is 0 Å². The molecule has 0 heterocycles. The van der Waals surface area contributed by atoms with Crippen molar-refractivity contribution in [2.75, 3.05) is 24.8 Å². The number of hydrogen-bond acceptors (Lipinski definition) is 3. The first-order chi connectivity index (χ1) is 7.31. The number of benzene rings is 1. The lowest BCUT2D eigenvalue weighted by Gasteiger charge is -2.15. The van der Waals surface area contributed by atoms with Crippen molar-refractivity contribution in [1.82, 2.24) is 0 Å². The molecule has 0 saturated heterocycles. The maximum Gasteiger partial charge on any atom is 0.118 e. The topological polar surface area (TPSA) is 38.7 Å². The van der Waals surface area contributed by atoms with Crippen molar-refractivity contribution in [3.63, 3.8) is 0 Å². The number of aliphatic hydroxyl groups excluding tert-OH is 1. The molecule has 0 amide bonds. The number of alkyl halides is 1. The first-order valence-corrected chi connectivity index (χ1v) is 6.26. The van der Waals surface area contributed by atoms with Crippen LogP contribution in [0.3, 0.4) is 0 Å². The van der Waals surface area contributed by atoms with Crippen molar-refractivity contribution in [3.8, 4) is 5.75 Å². The highest BCUT2D eigenvalue weighted by Gasteiger charge is 2.09. The number of rotatable bonds is 6. The number of halogens is 1. The fourth-order valence-corrected chi connectivity index (χ4v) is 2.01. The Morgan fingerprint density at radius 3 is 2.47 bits per heavy atom. The van der Waals surface area contributed by atoms with Crippen molar-refractivity contribution in [1.29, 1.82) is 0 Å². The molecule has 15 heavy (non-hydrogen) atoms. The van der Waals surface area contributed by atoms with E-state index in [1.165, 1.54) is 0 Å². The van der Waals surface area contributed by atoms with Crippen LogP contribution in [0.2, 0.25) is 0 Å². The molecule has 1 rings (SSSR count). The van der Waals surface area contributed by atoms with Crippen LogP contribution in [0, 0.1) is 0 Å². The molecule has 0 aliphatic heterocycles. The van der Waals surface area contributed by atoms with E-state index in [0.29, 0.717) is 6.61 Å². The maximum atomic E-state index is 8.69. The molecule has 1 aromatic rings. The normalized spacial score (nSPS) is 12.5. The third kappa shape index (κ3) is 3.96. The fraction of sp³-hybridized carbons (Fsp3) is 0.455. The molecule has 1 aromatic carbocycles. The van der Waals surface area contributed by atoms with E-state index < -0.39 is 0 Å². The van der Waals surface area contributed by atoms with E-state index in [-0.39, 0.29) is 12.7 Å². The first-order valence-electron chi connectivity index (χ1n) is 4.74. The molecule has 0 saturated carbocycles. The Labute approximate surface area is 104 Å². The monoisotopic (exact) mass is 322 g/mol. The largest absolute Gasteiger partial charge is 0.497 e. The smallest absolute Gasteiger partial charge is 0.118 e. The van der Waals surface area contributed by atoms with E-state index in [0.717, 1.165) is 15.7 Å². The number of hydrogen-bond donors (Lipinski definition) is 1. The summed E-state index contributed by atoms with van der Waals surface area (Å²) in [5.41, 5.74) is 1.11. The standard InChI is InChI=1S/C11H15IO3/c1-14-10-4-2-9(3-5-10)11(8-12)15-7-6-13/h2-5,11,13H,6-8H2,1H3. The quantitative estimate of drug-likeness (QED) is 0.644. The molecule has 1 unspecified atom stereocenters. The second-order valence-electron chi connectivity index (χ2n) is 3.01. The predicted molar refractivity (Wildman–Crippen MR) is 67.7 cm³/mol. The Kier molecular flexibility index (Phi) is 5.97. The zero-order valence-electron chi connectivity index (χ0n) is 8.65. The van der Waals surface area contributed by atoms with Gasteiger partial charge in [0.15, 0.2) is 0 Å². The summed E-state index contributed by atoms with van der Waals surface area (Å²) < 4.78 is 11.4. The SMILES string of the molecule is COc1ccc(C(CI)OCCO)cc1. The molecule has 0 fully saturated rings. The average Bonchev–Trinajstić information content (AvgIpc) is 2.31. The lowest BCUT2D eigenvalue weighted by Crippen LogP contribution is -2.09. The van der Waals surface area contributed by atoms with Crippen LogP contribution in [-0.2, 0) is 4.74 Å². The maximum absolute atomic E-state index is 8.69. The van der Waals surface area contributed by atoms with Gasteiger partial charge in [-0.3, -0.25) is 0 Å². The van der Waals surface area contributed by atoms with Gasteiger partial charge in [-0.15, -0.1) is 0 Å². The van der Waals surface area contributed by atoms with Gasteiger partial charge in [0, 0.05) is 4.43 Å². The van der Waals surface area contributed by atoms with Gasteiger partial charge in [0.05, 0.1) is 26.4 Å². The summed E-state index contributed by atoms with van der Waals surface area (Å²) >= 11 is 2.27. The summed E-state index contributed by atoms with van der Waals surface area (Å²) in [6.07, 6.45) is 0.0451. The Bertz CT molecular complexity index is 274. The molecule has 1 N–H and O–H groups in total. The molecule has 0 radical (unpaired) electrons. The highest BCUT2D eigenvalue weighted by molar-refractivity contribution is 14.1. The van der Waals surface area contributed by atoms with Crippen LogP contribution in [0.15, 0.2) is 24.3 Å². The van der Waals surface area contributed by atoms with Crippen molar-refractivity contribution >= 4 is 22.6 Å². The minimum atomic E-state index is 0.0451. The van der Waals surface area contributed by atoms with Gasteiger partial charge in [-0.1, -0.05) is 34.7 Å². The Hall–Kier alpha value is -0.330. The summed E-state index contributed by atoms with van der Waals surface area (Å²) in [4.78, 5) is 0. The van der Waals surface area contributed by atoms with Gasteiger partial charge in [0.1, 0.15) is 5.75 Å². The molecule has 0 spiro atoms.